The third-order valence-corrected chi connectivity index (χ3v) is 2.31. The van der Waals surface area contributed by atoms with Crippen LogP contribution >= 0.6 is 23.2 Å². The van der Waals surface area contributed by atoms with Crippen molar-refractivity contribution < 1.29 is 12.9 Å². The number of hydrogen-bond donors (Lipinski definition) is 0. The normalized spacial score (nSPS) is 12.4. The molecule has 0 N–H and O–H groups in total. The second-order valence-corrected chi connectivity index (χ2v) is 3.41. The van der Waals surface area contributed by atoms with Gasteiger partial charge in [0.05, 0.1) is 10.0 Å². The summed E-state index contributed by atoms with van der Waals surface area (Å²) in [5.41, 5.74) is 0.262. The molecule has 1 aromatic rings. The molecule has 0 heterocycles. The van der Waals surface area contributed by atoms with Gasteiger partial charge in [-0.05, 0) is 11.6 Å². The Morgan fingerprint density at radius 3 is 2.36 bits per heavy atom. The molecule has 1 aromatic carbocycles. The van der Waals surface area contributed by atoms with Crippen LogP contribution in [0, 0.1) is 0 Å². The Bertz CT molecular complexity index is 360. The van der Waals surface area contributed by atoms with Gasteiger partial charge in [0.25, 0.3) is 0 Å². The second kappa shape index (κ2) is 4.28. The molecule has 0 aliphatic rings. The van der Waals surface area contributed by atoms with Crippen LogP contribution in [0.3, 0.4) is 0 Å². The molecule has 0 spiro atoms. The van der Waals surface area contributed by atoms with Crippen LogP contribution in [0.1, 0.15) is 5.56 Å². The zero-order chi connectivity index (χ0) is 10.8. The fourth-order valence-electron chi connectivity index (χ4n) is 0.862. The summed E-state index contributed by atoms with van der Waals surface area (Å²) in [5.74, 6) is 0.178. The molecule has 0 unspecified atom stereocenters. The molecule has 0 nitrogen and oxygen atoms in total. The largest absolute Gasteiger partial charge is 0.502 e. The van der Waals surface area contributed by atoms with E-state index in [-0.39, 0.29) is 21.6 Å². The van der Waals surface area contributed by atoms with Crippen molar-refractivity contribution in [1.29, 1.82) is 0 Å². The Kier molecular flexibility index (Phi) is 3.51. The van der Waals surface area contributed by atoms with E-state index in [0.717, 1.165) is 6.08 Å². The summed E-state index contributed by atoms with van der Waals surface area (Å²) in [6.07, 6.45) is 0.911. The van der Waals surface area contributed by atoms with E-state index in [4.69, 9.17) is 23.2 Å². The van der Waals surface area contributed by atoms with Gasteiger partial charge >= 0.3 is 6.98 Å². The fraction of sp³-hybridized carbons (Fsp3) is 0. The van der Waals surface area contributed by atoms with Gasteiger partial charge in [-0.15, -0.1) is 5.98 Å². The SMILES string of the molecule is F[B-](F)(F)/C=C/c1cccc(Cl)c1Cl. The summed E-state index contributed by atoms with van der Waals surface area (Å²) in [4.78, 5) is 0. The third kappa shape index (κ3) is 3.27. The molecule has 0 saturated heterocycles. The highest BCUT2D eigenvalue weighted by Gasteiger charge is 2.17. The standard InChI is InChI=1S/C8H5BCl2F3/c10-7-3-1-2-6(8(7)11)4-5-9(12,13)14/h1-5H/q-1/b5-4+. The first-order valence-corrected chi connectivity index (χ1v) is 4.49. The molecule has 0 aromatic heterocycles. The van der Waals surface area contributed by atoms with E-state index >= 15 is 0 Å². The van der Waals surface area contributed by atoms with E-state index in [9.17, 15) is 12.9 Å². The highest BCUT2D eigenvalue weighted by molar-refractivity contribution is 6.65. The van der Waals surface area contributed by atoms with E-state index in [1.165, 1.54) is 18.2 Å². The molecule has 0 atom stereocenters. The molecule has 0 aliphatic carbocycles. The number of benzene rings is 1. The van der Waals surface area contributed by atoms with E-state index in [0.29, 0.717) is 0 Å². The molecule has 0 aliphatic heterocycles. The van der Waals surface area contributed by atoms with Crippen molar-refractivity contribution >= 4 is 36.3 Å². The summed E-state index contributed by atoms with van der Waals surface area (Å²) in [6.45, 7) is -4.94. The first-order chi connectivity index (χ1) is 6.40. The average molecular weight is 240 g/mol. The Balaban J connectivity index is 2.98. The van der Waals surface area contributed by atoms with Gasteiger partial charge in [0.2, 0.25) is 0 Å². The third-order valence-electron chi connectivity index (χ3n) is 1.48. The Morgan fingerprint density at radius 2 is 1.79 bits per heavy atom. The molecule has 1 rings (SSSR count). The smallest absolute Gasteiger partial charge is 0.445 e. The summed E-state index contributed by atoms with van der Waals surface area (Å²) in [5, 5.41) is 0.369. The van der Waals surface area contributed by atoms with E-state index in [2.05, 4.69) is 0 Å². The van der Waals surface area contributed by atoms with E-state index < -0.39 is 6.98 Å². The van der Waals surface area contributed by atoms with E-state index in [1.807, 2.05) is 0 Å². The summed E-state index contributed by atoms with van der Waals surface area (Å²) >= 11 is 11.3. The van der Waals surface area contributed by atoms with Crippen molar-refractivity contribution in [1.82, 2.24) is 0 Å². The molecular formula is C8H5BCl2F3-. The molecule has 0 amide bonds. The van der Waals surface area contributed by atoms with Crippen molar-refractivity contribution in [2.75, 3.05) is 0 Å². The molecule has 6 heteroatoms. The minimum absolute atomic E-state index is 0.130. The highest BCUT2D eigenvalue weighted by atomic mass is 35.5. The van der Waals surface area contributed by atoms with Crippen LogP contribution in [0.2, 0.25) is 10.0 Å². The van der Waals surface area contributed by atoms with Gasteiger partial charge in [0.1, 0.15) is 0 Å². The lowest BCUT2D eigenvalue weighted by Crippen LogP contribution is -2.09. The molecule has 0 radical (unpaired) electrons. The molecule has 0 fully saturated rings. The van der Waals surface area contributed by atoms with Gasteiger partial charge in [-0.3, -0.25) is 0 Å². The lowest BCUT2D eigenvalue weighted by molar-refractivity contribution is 0.499. The van der Waals surface area contributed by atoms with Gasteiger partial charge in [0, 0.05) is 0 Å². The maximum absolute atomic E-state index is 11.9. The Hall–Kier alpha value is -0.605. The van der Waals surface area contributed by atoms with Gasteiger partial charge in [-0.25, -0.2) is 0 Å². The van der Waals surface area contributed by atoms with Gasteiger partial charge in [0.15, 0.2) is 0 Å². The van der Waals surface area contributed by atoms with Crippen LogP contribution in [0.4, 0.5) is 12.9 Å². The summed E-state index contributed by atoms with van der Waals surface area (Å²) in [7, 11) is 0. The minimum Gasteiger partial charge on any atom is -0.445 e. The first-order valence-electron chi connectivity index (χ1n) is 3.73. The van der Waals surface area contributed by atoms with Crippen LogP contribution < -0.4 is 0 Å². The van der Waals surface area contributed by atoms with Crippen molar-refractivity contribution in [2.45, 2.75) is 0 Å². The lowest BCUT2D eigenvalue weighted by atomic mass is 9.90. The molecule has 0 saturated carbocycles. The van der Waals surface area contributed by atoms with Crippen LogP contribution in [0.25, 0.3) is 6.08 Å². The zero-order valence-corrected chi connectivity index (χ0v) is 8.37. The van der Waals surface area contributed by atoms with Crippen LogP contribution in [0.15, 0.2) is 24.2 Å². The Morgan fingerprint density at radius 1 is 1.14 bits per heavy atom. The topological polar surface area (TPSA) is 0 Å². The van der Waals surface area contributed by atoms with Crippen molar-refractivity contribution in [2.24, 2.45) is 0 Å². The lowest BCUT2D eigenvalue weighted by Gasteiger charge is -2.07. The Labute approximate surface area is 89.4 Å². The maximum Gasteiger partial charge on any atom is 0.502 e. The number of halogens is 5. The predicted molar refractivity (Wildman–Crippen MR) is 54.6 cm³/mol. The summed E-state index contributed by atoms with van der Waals surface area (Å²) < 4.78 is 35.6. The molecule has 14 heavy (non-hydrogen) atoms. The van der Waals surface area contributed by atoms with Crippen molar-refractivity contribution in [3.63, 3.8) is 0 Å². The zero-order valence-electron chi connectivity index (χ0n) is 6.85. The van der Waals surface area contributed by atoms with Gasteiger partial charge < -0.3 is 12.9 Å². The van der Waals surface area contributed by atoms with Gasteiger partial charge in [-0.2, -0.15) is 0 Å². The van der Waals surface area contributed by atoms with Crippen LogP contribution in [-0.2, 0) is 0 Å². The van der Waals surface area contributed by atoms with Gasteiger partial charge in [-0.1, -0.05) is 41.4 Å². The molecular weight excluding hydrogens is 235 g/mol. The van der Waals surface area contributed by atoms with Crippen molar-refractivity contribution in [3.8, 4) is 0 Å². The van der Waals surface area contributed by atoms with Crippen LogP contribution in [0.5, 0.6) is 0 Å². The number of rotatable bonds is 2. The first kappa shape index (κ1) is 11.5. The van der Waals surface area contributed by atoms with Crippen molar-refractivity contribution in [3.05, 3.63) is 39.8 Å². The van der Waals surface area contributed by atoms with Crippen LogP contribution in [-0.4, -0.2) is 6.98 Å². The number of hydrogen-bond acceptors (Lipinski definition) is 0. The quantitative estimate of drug-likeness (QED) is 0.672. The average Bonchev–Trinajstić information content (AvgIpc) is 2.06. The molecule has 0 bridgehead atoms. The maximum atomic E-state index is 11.9. The monoisotopic (exact) mass is 239 g/mol. The fourth-order valence-corrected chi connectivity index (χ4v) is 1.23. The minimum atomic E-state index is -4.94. The predicted octanol–water partition coefficient (Wildman–Crippen LogP) is 4.39. The summed E-state index contributed by atoms with van der Waals surface area (Å²) in [6, 6.07) is 4.52. The second-order valence-electron chi connectivity index (χ2n) is 2.63. The van der Waals surface area contributed by atoms with E-state index in [1.54, 1.807) is 0 Å². The molecule has 76 valence electrons. The highest BCUT2D eigenvalue weighted by Crippen LogP contribution is 2.27.